The molecule has 1 aliphatic heterocycles. The number of benzene rings is 1. The van der Waals surface area contributed by atoms with Crippen molar-refractivity contribution in [3.8, 4) is 0 Å². The fourth-order valence-corrected chi connectivity index (χ4v) is 2.56. The van der Waals surface area contributed by atoms with E-state index in [0.29, 0.717) is 12.6 Å². The van der Waals surface area contributed by atoms with Crippen LogP contribution in [0.25, 0.3) is 0 Å². The molecule has 1 aliphatic rings. The van der Waals surface area contributed by atoms with Crippen molar-refractivity contribution in [2.45, 2.75) is 32.4 Å². The fraction of sp³-hybridized carbons (Fsp3) is 0.500. The predicted octanol–water partition coefficient (Wildman–Crippen LogP) is 2.48. The Labute approximate surface area is 117 Å². The Morgan fingerprint density at radius 3 is 3.05 bits per heavy atom. The van der Waals surface area contributed by atoms with Gasteiger partial charge < -0.3 is 10.6 Å². The molecule has 1 saturated heterocycles. The molecule has 2 unspecified atom stereocenters. The van der Waals surface area contributed by atoms with Crippen molar-refractivity contribution in [3.63, 3.8) is 0 Å². The highest BCUT2D eigenvalue weighted by Crippen LogP contribution is 2.18. The van der Waals surface area contributed by atoms with Gasteiger partial charge >= 0.3 is 0 Å². The molecular weight excluding hydrogens is 267 g/mol. The summed E-state index contributed by atoms with van der Waals surface area (Å²) in [5.74, 6) is -0.315. The van der Waals surface area contributed by atoms with Crippen molar-refractivity contribution < 1.29 is 9.18 Å². The Kier molecular flexibility index (Phi) is 4.77. The van der Waals surface area contributed by atoms with Gasteiger partial charge in [0.25, 0.3) is 0 Å². The van der Waals surface area contributed by atoms with E-state index in [4.69, 9.17) is 11.6 Å². The normalized spacial score (nSPS) is 23.1. The lowest BCUT2D eigenvalue weighted by atomic mass is 9.92. The van der Waals surface area contributed by atoms with Crippen LogP contribution in [0.15, 0.2) is 18.2 Å². The minimum atomic E-state index is -0.441. The molecule has 1 aromatic rings. The number of piperidine rings is 1. The number of rotatable bonds is 3. The fourth-order valence-electron chi connectivity index (χ4n) is 2.35. The molecule has 104 valence electrons. The second kappa shape index (κ2) is 6.35. The molecule has 1 heterocycles. The van der Waals surface area contributed by atoms with E-state index >= 15 is 0 Å². The van der Waals surface area contributed by atoms with Crippen LogP contribution in [0.1, 0.15) is 25.3 Å². The average Bonchev–Trinajstić information content (AvgIpc) is 2.40. The SMILES string of the molecule is CC1CC(C(=O)NCc2ccc(F)c(Cl)c2)CCN1. The van der Waals surface area contributed by atoms with Crippen molar-refractivity contribution in [2.24, 2.45) is 5.92 Å². The Bertz CT molecular complexity index is 467. The van der Waals surface area contributed by atoms with Crippen molar-refractivity contribution >= 4 is 17.5 Å². The molecule has 1 amide bonds. The van der Waals surface area contributed by atoms with E-state index in [2.05, 4.69) is 17.6 Å². The van der Waals surface area contributed by atoms with Crippen LogP contribution in [0, 0.1) is 11.7 Å². The lowest BCUT2D eigenvalue weighted by molar-refractivity contribution is -0.126. The van der Waals surface area contributed by atoms with E-state index in [9.17, 15) is 9.18 Å². The molecule has 0 bridgehead atoms. The number of carbonyl (C=O) groups excluding carboxylic acids is 1. The minimum absolute atomic E-state index is 0.0622. The molecule has 5 heteroatoms. The third-order valence-electron chi connectivity index (χ3n) is 3.45. The van der Waals surface area contributed by atoms with E-state index in [-0.39, 0.29) is 16.8 Å². The molecule has 19 heavy (non-hydrogen) atoms. The monoisotopic (exact) mass is 284 g/mol. The zero-order chi connectivity index (χ0) is 13.8. The maximum atomic E-state index is 13.0. The first-order valence-electron chi connectivity index (χ1n) is 6.51. The van der Waals surface area contributed by atoms with Crippen LogP contribution < -0.4 is 10.6 Å². The minimum Gasteiger partial charge on any atom is -0.352 e. The molecule has 0 saturated carbocycles. The number of hydrogen-bond acceptors (Lipinski definition) is 2. The first-order chi connectivity index (χ1) is 9.06. The Hall–Kier alpha value is -1.13. The smallest absolute Gasteiger partial charge is 0.223 e. The summed E-state index contributed by atoms with van der Waals surface area (Å²) in [7, 11) is 0. The van der Waals surface area contributed by atoms with Crippen LogP contribution >= 0.6 is 11.6 Å². The molecule has 0 aromatic heterocycles. The highest BCUT2D eigenvalue weighted by atomic mass is 35.5. The lowest BCUT2D eigenvalue weighted by Crippen LogP contribution is -2.42. The van der Waals surface area contributed by atoms with E-state index in [0.717, 1.165) is 24.9 Å². The van der Waals surface area contributed by atoms with Crippen molar-refractivity contribution in [3.05, 3.63) is 34.6 Å². The van der Waals surface area contributed by atoms with Gasteiger partial charge in [-0.3, -0.25) is 4.79 Å². The van der Waals surface area contributed by atoms with Gasteiger partial charge in [-0.15, -0.1) is 0 Å². The van der Waals surface area contributed by atoms with Gasteiger partial charge in [-0.05, 0) is 44.0 Å². The third kappa shape index (κ3) is 3.91. The first kappa shape index (κ1) is 14.3. The maximum absolute atomic E-state index is 13.0. The second-order valence-electron chi connectivity index (χ2n) is 5.04. The van der Waals surface area contributed by atoms with Crippen molar-refractivity contribution in [1.29, 1.82) is 0 Å². The summed E-state index contributed by atoms with van der Waals surface area (Å²) in [6.07, 6.45) is 1.72. The topological polar surface area (TPSA) is 41.1 Å². The van der Waals surface area contributed by atoms with Crippen LogP contribution in [0.2, 0.25) is 5.02 Å². The summed E-state index contributed by atoms with van der Waals surface area (Å²) < 4.78 is 13.0. The van der Waals surface area contributed by atoms with Crippen molar-refractivity contribution in [1.82, 2.24) is 10.6 Å². The number of nitrogens with one attached hydrogen (secondary N) is 2. The van der Waals surface area contributed by atoms with Crippen molar-refractivity contribution in [2.75, 3.05) is 6.54 Å². The van der Waals surface area contributed by atoms with Gasteiger partial charge in [0.15, 0.2) is 0 Å². The average molecular weight is 285 g/mol. The highest BCUT2D eigenvalue weighted by molar-refractivity contribution is 6.30. The molecule has 0 aliphatic carbocycles. The molecule has 0 radical (unpaired) electrons. The molecule has 1 fully saturated rings. The molecule has 2 atom stereocenters. The van der Waals surface area contributed by atoms with Crippen LogP contribution in [-0.2, 0) is 11.3 Å². The molecule has 2 rings (SSSR count). The predicted molar refractivity (Wildman–Crippen MR) is 73.4 cm³/mol. The van der Waals surface area contributed by atoms with Gasteiger partial charge in [-0.2, -0.15) is 0 Å². The number of carbonyl (C=O) groups is 1. The summed E-state index contributed by atoms with van der Waals surface area (Å²) in [6, 6.07) is 4.87. The second-order valence-corrected chi connectivity index (χ2v) is 5.45. The molecule has 3 nitrogen and oxygen atoms in total. The van der Waals surface area contributed by atoms with E-state index < -0.39 is 5.82 Å². The summed E-state index contributed by atoms with van der Waals surface area (Å²) in [4.78, 5) is 12.0. The summed E-state index contributed by atoms with van der Waals surface area (Å²) in [5, 5.41) is 6.29. The standard InChI is InChI=1S/C14H18ClFN2O/c1-9-6-11(4-5-17-9)14(19)18-8-10-2-3-13(16)12(15)7-10/h2-3,7,9,11,17H,4-6,8H2,1H3,(H,18,19). The van der Waals surface area contributed by atoms with E-state index in [1.54, 1.807) is 12.1 Å². The third-order valence-corrected chi connectivity index (χ3v) is 3.73. The summed E-state index contributed by atoms with van der Waals surface area (Å²) in [5.41, 5.74) is 0.807. The number of hydrogen-bond donors (Lipinski definition) is 2. The van der Waals surface area contributed by atoms with Gasteiger partial charge in [-0.25, -0.2) is 4.39 Å². The molecule has 2 N–H and O–H groups in total. The zero-order valence-electron chi connectivity index (χ0n) is 10.9. The molecule has 0 spiro atoms. The van der Waals surface area contributed by atoms with Gasteiger partial charge in [-0.1, -0.05) is 17.7 Å². The summed E-state index contributed by atoms with van der Waals surface area (Å²) in [6.45, 7) is 3.35. The van der Waals surface area contributed by atoms with Gasteiger partial charge in [0.1, 0.15) is 5.82 Å². The van der Waals surface area contributed by atoms with Crippen LogP contribution in [0.3, 0.4) is 0 Å². The largest absolute Gasteiger partial charge is 0.352 e. The lowest BCUT2D eigenvalue weighted by Gasteiger charge is -2.27. The molecular formula is C14H18ClFN2O. The van der Waals surface area contributed by atoms with E-state index in [1.807, 2.05) is 0 Å². The van der Waals surface area contributed by atoms with Gasteiger partial charge in [0.05, 0.1) is 5.02 Å². The quantitative estimate of drug-likeness (QED) is 0.895. The van der Waals surface area contributed by atoms with Gasteiger partial charge in [0, 0.05) is 18.5 Å². The highest BCUT2D eigenvalue weighted by Gasteiger charge is 2.24. The summed E-state index contributed by atoms with van der Waals surface area (Å²) >= 11 is 5.70. The van der Waals surface area contributed by atoms with E-state index in [1.165, 1.54) is 6.07 Å². The first-order valence-corrected chi connectivity index (χ1v) is 6.89. The molecule has 1 aromatic carbocycles. The Balaban J connectivity index is 1.87. The van der Waals surface area contributed by atoms with Crippen LogP contribution in [-0.4, -0.2) is 18.5 Å². The maximum Gasteiger partial charge on any atom is 0.223 e. The zero-order valence-corrected chi connectivity index (χ0v) is 11.6. The Morgan fingerprint density at radius 1 is 1.58 bits per heavy atom. The van der Waals surface area contributed by atoms with Gasteiger partial charge in [0.2, 0.25) is 5.91 Å². The van der Waals surface area contributed by atoms with Crippen LogP contribution in [0.4, 0.5) is 4.39 Å². The number of halogens is 2. The van der Waals surface area contributed by atoms with Crippen LogP contribution in [0.5, 0.6) is 0 Å². The number of amides is 1. The Morgan fingerprint density at radius 2 is 2.37 bits per heavy atom.